The fraction of sp³-hybridized carbons (Fsp3) is 0.233. The standard InChI is InChI=1S/C43H43N3O5S/c1-28-7-6-8-38-39(28)51-42(46-38)34-19-23-36(24-20-34)45-41(48)37(27-29-9-11-33(12-10-29)40(47)44-25-26-52(5,49)50)32-15-13-30(14-16-32)31-17-21-35(22-18-31)43(2,3)4/h6-24,37H,25-27H2,1-5H3,(H,44,47)(H,45,48)/t37-/m0/s1. The van der Waals surface area contributed by atoms with Gasteiger partial charge in [0.25, 0.3) is 5.91 Å². The van der Waals surface area contributed by atoms with E-state index >= 15 is 0 Å². The molecule has 0 saturated carbocycles. The fourth-order valence-corrected chi connectivity index (χ4v) is 6.52. The van der Waals surface area contributed by atoms with Crippen molar-refractivity contribution >= 4 is 38.4 Å². The molecule has 1 heterocycles. The first-order valence-electron chi connectivity index (χ1n) is 17.3. The summed E-state index contributed by atoms with van der Waals surface area (Å²) in [5.41, 5.74) is 9.62. The van der Waals surface area contributed by atoms with Gasteiger partial charge in [-0.05, 0) is 94.6 Å². The van der Waals surface area contributed by atoms with E-state index in [1.165, 1.54) is 5.56 Å². The topological polar surface area (TPSA) is 118 Å². The van der Waals surface area contributed by atoms with E-state index in [9.17, 15) is 18.0 Å². The van der Waals surface area contributed by atoms with Crippen LogP contribution >= 0.6 is 0 Å². The van der Waals surface area contributed by atoms with Gasteiger partial charge in [-0.25, -0.2) is 13.4 Å². The number of fused-ring (bicyclic) bond motifs is 1. The summed E-state index contributed by atoms with van der Waals surface area (Å²) in [6, 6.07) is 37.0. The zero-order valence-corrected chi connectivity index (χ0v) is 30.9. The highest BCUT2D eigenvalue weighted by atomic mass is 32.2. The third-order valence-electron chi connectivity index (χ3n) is 9.14. The van der Waals surface area contributed by atoms with Crippen LogP contribution in [0.25, 0.3) is 33.7 Å². The third kappa shape index (κ3) is 8.84. The van der Waals surface area contributed by atoms with Crippen LogP contribution in [-0.2, 0) is 26.5 Å². The number of hydrogen-bond acceptors (Lipinski definition) is 6. The van der Waals surface area contributed by atoms with Gasteiger partial charge in [-0.3, -0.25) is 9.59 Å². The summed E-state index contributed by atoms with van der Waals surface area (Å²) in [4.78, 5) is 31.3. The van der Waals surface area contributed by atoms with Crippen molar-refractivity contribution in [1.82, 2.24) is 10.3 Å². The van der Waals surface area contributed by atoms with Crippen molar-refractivity contribution in [2.75, 3.05) is 23.9 Å². The Morgan fingerprint density at radius 2 is 1.40 bits per heavy atom. The number of carbonyl (C=O) groups excluding carboxylic acids is 2. The minimum atomic E-state index is -3.19. The number of rotatable bonds is 11. The van der Waals surface area contributed by atoms with Gasteiger partial charge in [0.05, 0.1) is 11.7 Å². The van der Waals surface area contributed by atoms with E-state index in [0.29, 0.717) is 23.6 Å². The number of aryl methyl sites for hydroxylation is 1. The molecule has 0 aliphatic carbocycles. The van der Waals surface area contributed by atoms with Crippen LogP contribution < -0.4 is 10.6 Å². The predicted octanol–water partition coefficient (Wildman–Crippen LogP) is 8.51. The van der Waals surface area contributed by atoms with Crippen molar-refractivity contribution in [3.05, 3.63) is 143 Å². The lowest BCUT2D eigenvalue weighted by molar-refractivity contribution is -0.117. The predicted molar refractivity (Wildman–Crippen MR) is 208 cm³/mol. The summed E-state index contributed by atoms with van der Waals surface area (Å²) in [6.45, 7) is 8.60. The molecule has 0 radical (unpaired) electrons. The van der Waals surface area contributed by atoms with E-state index in [1.54, 1.807) is 12.1 Å². The van der Waals surface area contributed by atoms with Crippen LogP contribution in [-0.4, -0.2) is 43.8 Å². The van der Waals surface area contributed by atoms with Crippen molar-refractivity contribution < 1.29 is 22.4 Å². The third-order valence-corrected chi connectivity index (χ3v) is 10.1. The maximum absolute atomic E-state index is 14.0. The summed E-state index contributed by atoms with van der Waals surface area (Å²) in [7, 11) is -3.19. The normalized spacial score (nSPS) is 12.4. The van der Waals surface area contributed by atoms with Gasteiger partial charge in [0.1, 0.15) is 15.4 Å². The van der Waals surface area contributed by atoms with Crippen LogP contribution in [0, 0.1) is 6.92 Å². The maximum Gasteiger partial charge on any atom is 0.251 e. The number of benzene rings is 5. The number of anilines is 1. The molecule has 0 bridgehead atoms. The first kappa shape index (κ1) is 36.3. The molecular formula is C43H43N3O5S. The van der Waals surface area contributed by atoms with E-state index in [2.05, 4.69) is 60.7 Å². The average molecular weight is 714 g/mol. The van der Waals surface area contributed by atoms with Gasteiger partial charge in [-0.15, -0.1) is 0 Å². The maximum atomic E-state index is 14.0. The quantitative estimate of drug-likeness (QED) is 0.139. The second-order valence-corrected chi connectivity index (χ2v) is 16.6. The average Bonchev–Trinajstić information content (AvgIpc) is 3.56. The number of hydrogen-bond donors (Lipinski definition) is 2. The molecule has 8 nitrogen and oxygen atoms in total. The van der Waals surface area contributed by atoms with Crippen LogP contribution in [0.2, 0.25) is 0 Å². The Hall–Kier alpha value is -5.54. The zero-order chi connectivity index (χ0) is 37.0. The monoisotopic (exact) mass is 713 g/mol. The molecule has 0 saturated heterocycles. The number of oxazole rings is 1. The first-order valence-corrected chi connectivity index (χ1v) is 19.3. The van der Waals surface area contributed by atoms with Gasteiger partial charge in [0.2, 0.25) is 11.8 Å². The number of carbonyl (C=O) groups is 2. The van der Waals surface area contributed by atoms with E-state index in [0.717, 1.165) is 50.7 Å². The summed E-state index contributed by atoms with van der Waals surface area (Å²) in [5, 5.41) is 5.75. The molecule has 52 heavy (non-hydrogen) atoms. The Kier molecular flexibility index (Phi) is 10.4. The highest BCUT2D eigenvalue weighted by molar-refractivity contribution is 7.90. The number of amides is 2. The number of nitrogens with zero attached hydrogens (tertiary/aromatic N) is 1. The van der Waals surface area contributed by atoms with Gasteiger partial charge < -0.3 is 15.1 Å². The Balaban J connectivity index is 1.22. The van der Waals surface area contributed by atoms with Crippen LogP contribution in [0.15, 0.2) is 120 Å². The summed E-state index contributed by atoms with van der Waals surface area (Å²) in [6.07, 6.45) is 1.52. The molecule has 2 amide bonds. The molecule has 0 fully saturated rings. The molecule has 266 valence electrons. The molecule has 9 heteroatoms. The van der Waals surface area contributed by atoms with Crippen LogP contribution in [0.3, 0.4) is 0 Å². The van der Waals surface area contributed by atoms with Gasteiger partial charge in [-0.1, -0.05) is 93.6 Å². The number of nitrogens with one attached hydrogen (secondary N) is 2. The Labute approximate surface area is 305 Å². The van der Waals surface area contributed by atoms with Gasteiger partial charge >= 0.3 is 0 Å². The van der Waals surface area contributed by atoms with Crippen LogP contribution in [0.4, 0.5) is 5.69 Å². The fourth-order valence-electron chi connectivity index (χ4n) is 6.05. The summed E-state index contributed by atoms with van der Waals surface area (Å²) >= 11 is 0. The van der Waals surface area contributed by atoms with E-state index in [-0.39, 0.29) is 29.5 Å². The second kappa shape index (κ2) is 15.0. The van der Waals surface area contributed by atoms with Crippen molar-refractivity contribution in [3.8, 4) is 22.6 Å². The van der Waals surface area contributed by atoms with Crippen molar-refractivity contribution in [1.29, 1.82) is 0 Å². The van der Waals surface area contributed by atoms with Gasteiger partial charge in [0, 0.05) is 29.6 Å². The highest BCUT2D eigenvalue weighted by Crippen LogP contribution is 2.31. The van der Waals surface area contributed by atoms with E-state index in [1.807, 2.05) is 85.8 Å². The smallest absolute Gasteiger partial charge is 0.251 e. The Bertz CT molecular complexity index is 2300. The van der Waals surface area contributed by atoms with Gasteiger partial charge in [0.15, 0.2) is 5.58 Å². The molecule has 0 aliphatic heterocycles. The lowest BCUT2D eigenvalue weighted by Gasteiger charge is -2.20. The van der Waals surface area contributed by atoms with Crippen molar-refractivity contribution in [2.24, 2.45) is 0 Å². The first-order chi connectivity index (χ1) is 24.7. The van der Waals surface area contributed by atoms with Crippen molar-refractivity contribution in [3.63, 3.8) is 0 Å². The Morgan fingerprint density at radius 3 is 2.00 bits per heavy atom. The summed E-state index contributed by atoms with van der Waals surface area (Å²) in [5.74, 6) is -0.678. The Morgan fingerprint density at radius 1 is 0.788 bits per heavy atom. The molecular weight excluding hydrogens is 671 g/mol. The highest BCUT2D eigenvalue weighted by Gasteiger charge is 2.23. The molecule has 0 spiro atoms. The second-order valence-electron chi connectivity index (χ2n) is 14.3. The lowest BCUT2D eigenvalue weighted by atomic mass is 9.86. The minimum absolute atomic E-state index is 0.0355. The molecule has 0 unspecified atom stereocenters. The zero-order valence-electron chi connectivity index (χ0n) is 30.1. The lowest BCUT2D eigenvalue weighted by Crippen LogP contribution is -2.28. The molecule has 5 aromatic carbocycles. The largest absolute Gasteiger partial charge is 0.436 e. The molecule has 1 atom stereocenters. The van der Waals surface area contributed by atoms with Gasteiger partial charge in [-0.2, -0.15) is 0 Å². The molecule has 0 aliphatic rings. The van der Waals surface area contributed by atoms with E-state index in [4.69, 9.17) is 4.42 Å². The van der Waals surface area contributed by atoms with Crippen LogP contribution in [0.5, 0.6) is 0 Å². The minimum Gasteiger partial charge on any atom is -0.436 e. The van der Waals surface area contributed by atoms with Crippen LogP contribution in [0.1, 0.15) is 59.3 Å². The molecule has 6 rings (SSSR count). The van der Waals surface area contributed by atoms with Crippen molar-refractivity contribution in [2.45, 2.75) is 45.4 Å². The molecule has 1 aromatic heterocycles. The number of sulfone groups is 1. The number of para-hydroxylation sites is 1. The number of aromatic nitrogens is 1. The SMILES string of the molecule is Cc1cccc2nc(-c3ccc(NC(=O)[C@@H](Cc4ccc(C(=O)NCCS(C)(=O)=O)cc4)c4ccc(-c5ccc(C(C)(C)C)cc5)cc4)cc3)oc12. The van der Waals surface area contributed by atoms with E-state index < -0.39 is 15.8 Å². The molecule has 2 N–H and O–H groups in total. The summed E-state index contributed by atoms with van der Waals surface area (Å²) < 4.78 is 28.9. The molecule has 6 aromatic rings.